The van der Waals surface area contributed by atoms with Crippen molar-refractivity contribution < 1.29 is 0 Å². The smallest absolute Gasteiger partial charge is 0.131 e. The molecule has 2 aromatic heterocycles. The van der Waals surface area contributed by atoms with Crippen LogP contribution in [0.15, 0.2) is 24.3 Å². The number of nitrogens with zero attached hydrogens (tertiary/aromatic N) is 4. The summed E-state index contributed by atoms with van der Waals surface area (Å²) in [6.45, 7) is 3.54. The number of fused-ring (bicyclic) bond motifs is 1. The molecule has 19 heavy (non-hydrogen) atoms. The molecule has 0 aliphatic rings. The Labute approximate surface area is 115 Å². The molecule has 0 radical (unpaired) electrons. The van der Waals surface area contributed by atoms with Crippen LogP contribution in [0.25, 0.3) is 11.0 Å². The number of aromatic nitrogens is 4. The molecule has 5 nitrogen and oxygen atoms in total. The van der Waals surface area contributed by atoms with E-state index in [0.717, 1.165) is 40.0 Å². The molecule has 0 amide bonds. The van der Waals surface area contributed by atoms with Gasteiger partial charge in [0.05, 0.1) is 24.1 Å². The molecular weight excluding hydrogens is 258 g/mol. The van der Waals surface area contributed by atoms with E-state index in [9.17, 15) is 0 Å². The number of rotatable bonds is 4. The SMILES string of the molecule is Cc1nnc(CN(C)Cc2nc3ccccc3[nH]2)s1. The number of hydrogen-bond donors (Lipinski definition) is 1. The van der Waals surface area contributed by atoms with Crippen molar-refractivity contribution in [2.45, 2.75) is 20.0 Å². The summed E-state index contributed by atoms with van der Waals surface area (Å²) in [6, 6.07) is 8.07. The predicted octanol–water partition coefficient (Wildman–Crippen LogP) is 2.35. The molecule has 0 atom stereocenters. The first-order valence-corrected chi connectivity index (χ1v) is 6.93. The molecule has 2 heterocycles. The summed E-state index contributed by atoms with van der Waals surface area (Å²) in [6.07, 6.45) is 0. The van der Waals surface area contributed by atoms with Gasteiger partial charge in [0.1, 0.15) is 15.8 Å². The number of aryl methyl sites for hydroxylation is 1. The minimum atomic E-state index is 0.771. The largest absolute Gasteiger partial charge is 0.341 e. The van der Waals surface area contributed by atoms with Crippen molar-refractivity contribution in [1.29, 1.82) is 0 Å². The van der Waals surface area contributed by atoms with Crippen molar-refractivity contribution in [1.82, 2.24) is 25.1 Å². The molecule has 6 heteroatoms. The molecule has 0 aliphatic heterocycles. The second-order valence-electron chi connectivity index (χ2n) is 4.59. The first-order chi connectivity index (χ1) is 9.20. The predicted molar refractivity (Wildman–Crippen MR) is 75.9 cm³/mol. The van der Waals surface area contributed by atoms with Gasteiger partial charge in [-0.05, 0) is 26.1 Å². The van der Waals surface area contributed by atoms with Gasteiger partial charge in [-0.1, -0.05) is 12.1 Å². The van der Waals surface area contributed by atoms with Crippen molar-refractivity contribution in [3.63, 3.8) is 0 Å². The summed E-state index contributed by atoms with van der Waals surface area (Å²) >= 11 is 1.64. The minimum Gasteiger partial charge on any atom is -0.341 e. The zero-order chi connectivity index (χ0) is 13.2. The molecule has 0 saturated heterocycles. The first kappa shape index (κ1) is 12.3. The van der Waals surface area contributed by atoms with Gasteiger partial charge in [-0.2, -0.15) is 0 Å². The van der Waals surface area contributed by atoms with Gasteiger partial charge in [-0.25, -0.2) is 4.98 Å². The fourth-order valence-corrected chi connectivity index (χ4v) is 2.81. The van der Waals surface area contributed by atoms with Crippen LogP contribution in [0.4, 0.5) is 0 Å². The average molecular weight is 273 g/mol. The molecule has 0 spiro atoms. The van der Waals surface area contributed by atoms with Gasteiger partial charge < -0.3 is 4.98 Å². The Kier molecular flexibility index (Phi) is 3.27. The highest BCUT2D eigenvalue weighted by molar-refractivity contribution is 7.11. The van der Waals surface area contributed by atoms with E-state index in [2.05, 4.69) is 32.1 Å². The molecule has 0 aliphatic carbocycles. The van der Waals surface area contributed by atoms with E-state index in [0.29, 0.717) is 0 Å². The summed E-state index contributed by atoms with van der Waals surface area (Å²) in [5.74, 6) is 0.977. The number of aromatic amines is 1. The lowest BCUT2D eigenvalue weighted by Gasteiger charge is -2.12. The van der Waals surface area contributed by atoms with E-state index in [1.54, 1.807) is 11.3 Å². The van der Waals surface area contributed by atoms with Crippen LogP contribution in [0.2, 0.25) is 0 Å². The quantitative estimate of drug-likeness (QED) is 0.792. The van der Waals surface area contributed by atoms with Crippen LogP contribution < -0.4 is 0 Å². The fourth-order valence-electron chi connectivity index (χ4n) is 2.02. The topological polar surface area (TPSA) is 57.7 Å². The van der Waals surface area contributed by atoms with Gasteiger partial charge in [-0.15, -0.1) is 21.5 Å². The maximum Gasteiger partial charge on any atom is 0.131 e. The lowest BCUT2D eigenvalue weighted by Crippen LogP contribution is -2.17. The third-order valence-corrected chi connectivity index (χ3v) is 3.65. The highest BCUT2D eigenvalue weighted by Gasteiger charge is 2.08. The highest BCUT2D eigenvalue weighted by atomic mass is 32.1. The molecule has 3 aromatic rings. The second kappa shape index (κ2) is 5.07. The van der Waals surface area contributed by atoms with Gasteiger partial charge in [-0.3, -0.25) is 4.90 Å². The van der Waals surface area contributed by atoms with E-state index >= 15 is 0 Å². The van der Waals surface area contributed by atoms with Crippen LogP contribution in [0.5, 0.6) is 0 Å². The van der Waals surface area contributed by atoms with Crippen molar-refractivity contribution in [2.75, 3.05) is 7.05 Å². The molecule has 1 aromatic carbocycles. The van der Waals surface area contributed by atoms with Gasteiger partial charge in [0.15, 0.2) is 0 Å². The number of imidazole rings is 1. The first-order valence-electron chi connectivity index (χ1n) is 6.12. The number of benzene rings is 1. The summed E-state index contributed by atoms with van der Waals surface area (Å²) in [5, 5.41) is 10.2. The molecular formula is C13H15N5S. The number of H-pyrrole nitrogens is 1. The average Bonchev–Trinajstić information content (AvgIpc) is 2.94. The summed E-state index contributed by atoms with van der Waals surface area (Å²) in [4.78, 5) is 10.1. The Morgan fingerprint density at radius 3 is 2.79 bits per heavy atom. The van der Waals surface area contributed by atoms with Crippen LogP contribution in [0, 0.1) is 6.92 Å². The molecule has 0 fully saturated rings. The summed E-state index contributed by atoms with van der Waals surface area (Å²) < 4.78 is 0. The standard InChI is InChI=1S/C13H15N5S/c1-9-16-17-13(19-9)8-18(2)7-12-14-10-5-3-4-6-11(10)15-12/h3-6H,7-8H2,1-2H3,(H,14,15). The van der Waals surface area contributed by atoms with Crippen LogP contribution in [0.1, 0.15) is 15.8 Å². The van der Waals surface area contributed by atoms with Crippen LogP contribution in [0.3, 0.4) is 0 Å². The Morgan fingerprint density at radius 2 is 2.05 bits per heavy atom. The van der Waals surface area contributed by atoms with Crippen LogP contribution >= 0.6 is 11.3 Å². The number of para-hydroxylation sites is 2. The van der Waals surface area contributed by atoms with Gasteiger partial charge in [0, 0.05) is 0 Å². The molecule has 1 N–H and O–H groups in total. The monoisotopic (exact) mass is 273 g/mol. The van der Waals surface area contributed by atoms with Crippen molar-refractivity contribution in [2.24, 2.45) is 0 Å². The zero-order valence-electron chi connectivity index (χ0n) is 10.9. The normalized spacial score (nSPS) is 11.5. The third kappa shape index (κ3) is 2.80. The van der Waals surface area contributed by atoms with E-state index in [4.69, 9.17) is 0 Å². The maximum absolute atomic E-state index is 4.57. The molecule has 3 rings (SSSR count). The summed E-state index contributed by atoms with van der Waals surface area (Å²) in [7, 11) is 2.06. The zero-order valence-corrected chi connectivity index (χ0v) is 11.7. The Balaban J connectivity index is 1.70. The maximum atomic E-state index is 4.57. The summed E-state index contributed by atoms with van der Waals surface area (Å²) in [5.41, 5.74) is 2.09. The Bertz CT molecular complexity index is 654. The van der Waals surface area contributed by atoms with E-state index in [1.165, 1.54) is 0 Å². The lowest BCUT2D eigenvalue weighted by molar-refractivity contribution is 0.310. The fraction of sp³-hybridized carbons (Fsp3) is 0.308. The molecule has 0 bridgehead atoms. The van der Waals surface area contributed by atoms with Gasteiger partial charge >= 0.3 is 0 Å². The Hall–Kier alpha value is -1.79. The van der Waals surface area contributed by atoms with E-state index in [-0.39, 0.29) is 0 Å². The highest BCUT2D eigenvalue weighted by Crippen LogP contribution is 2.14. The van der Waals surface area contributed by atoms with Crippen molar-refractivity contribution in [3.8, 4) is 0 Å². The second-order valence-corrected chi connectivity index (χ2v) is 5.85. The van der Waals surface area contributed by atoms with E-state index in [1.807, 2.05) is 31.2 Å². The minimum absolute atomic E-state index is 0.771. The number of hydrogen-bond acceptors (Lipinski definition) is 5. The molecule has 0 saturated carbocycles. The van der Waals surface area contributed by atoms with Gasteiger partial charge in [0.2, 0.25) is 0 Å². The van der Waals surface area contributed by atoms with Crippen LogP contribution in [-0.2, 0) is 13.1 Å². The van der Waals surface area contributed by atoms with Gasteiger partial charge in [0.25, 0.3) is 0 Å². The van der Waals surface area contributed by atoms with Crippen LogP contribution in [-0.4, -0.2) is 32.1 Å². The van der Waals surface area contributed by atoms with Crippen molar-refractivity contribution in [3.05, 3.63) is 40.1 Å². The molecule has 0 unspecified atom stereocenters. The number of nitrogens with one attached hydrogen (secondary N) is 1. The third-order valence-electron chi connectivity index (χ3n) is 2.83. The van der Waals surface area contributed by atoms with Crippen molar-refractivity contribution >= 4 is 22.4 Å². The van der Waals surface area contributed by atoms with E-state index < -0.39 is 0 Å². The molecule has 98 valence electrons. The Morgan fingerprint density at radius 1 is 1.21 bits per heavy atom. The lowest BCUT2D eigenvalue weighted by atomic mass is 10.3.